The summed E-state index contributed by atoms with van der Waals surface area (Å²) in [6, 6.07) is 6.87. The van der Waals surface area contributed by atoms with Gasteiger partial charge in [0.1, 0.15) is 0 Å². The molecule has 1 aromatic rings. The Labute approximate surface area is 106 Å². The van der Waals surface area contributed by atoms with E-state index in [-0.39, 0.29) is 30.8 Å². The number of ether oxygens (including phenoxy) is 1. The quantitative estimate of drug-likeness (QED) is 0.600. The van der Waals surface area contributed by atoms with Crippen LogP contribution in [0.15, 0.2) is 24.3 Å². The van der Waals surface area contributed by atoms with Gasteiger partial charge in [-0.2, -0.15) is 0 Å². The Morgan fingerprint density at radius 3 is 2.50 bits per heavy atom. The molecule has 0 bridgehead atoms. The predicted molar refractivity (Wildman–Crippen MR) is 68.8 cm³/mol. The summed E-state index contributed by atoms with van der Waals surface area (Å²) in [5.74, 6) is -0.466. The fraction of sp³-hybridized carbons (Fsp3) is 0.385. The Balaban J connectivity index is 2.41. The van der Waals surface area contributed by atoms with Crippen LogP contribution < -0.4 is 11.1 Å². The third kappa shape index (κ3) is 4.86. The summed E-state index contributed by atoms with van der Waals surface area (Å²) in [6.07, 6.45) is 0.440. The number of benzene rings is 1. The summed E-state index contributed by atoms with van der Waals surface area (Å²) in [6.45, 7) is 1.76. The zero-order valence-electron chi connectivity index (χ0n) is 10.6. The van der Waals surface area contributed by atoms with E-state index in [1.807, 2.05) is 0 Å². The van der Waals surface area contributed by atoms with E-state index in [4.69, 9.17) is 5.73 Å². The minimum absolute atomic E-state index is 0.129. The van der Waals surface area contributed by atoms with Crippen molar-refractivity contribution < 1.29 is 14.3 Å². The van der Waals surface area contributed by atoms with Gasteiger partial charge in [-0.05, 0) is 24.6 Å². The summed E-state index contributed by atoms with van der Waals surface area (Å²) in [7, 11) is 1.32. The molecule has 0 spiro atoms. The maximum Gasteiger partial charge on any atom is 0.307 e. The molecular formula is C13H18N2O3. The number of nitrogens with one attached hydrogen (secondary N) is 1. The van der Waals surface area contributed by atoms with Gasteiger partial charge < -0.3 is 15.8 Å². The number of hydrogen-bond donors (Lipinski definition) is 2. The number of esters is 1. The van der Waals surface area contributed by atoms with Crippen LogP contribution >= 0.6 is 0 Å². The molecule has 0 aliphatic rings. The fourth-order valence-electron chi connectivity index (χ4n) is 1.53. The van der Waals surface area contributed by atoms with Crippen LogP contribution in [0.4, 0.5) is 5.69 Å². The topological polar surface area (TPSA) is 81.4 Å². The van der Waals surface area contributed by atoms with Gasteiger partial charge in [0.15, 0.2) is 0 Å². The molecule has 5 heteroatoms. The van der Waals surface area contributed by atoms with Gasteiger partial charge >= 0.3 is 5.97 Å². The molecule has 0 saturated carbocycles. The van der Waals surface area contributed by atoms with Crippen LogP contribution in [0, 0.1) is 0 Å². The van der Waals surface area contributed by atoms with Crippen molar-refractivity contribution in [3.05, 3.63) is 29.8 Å². The van der Waals surface area contributed by atoms with Gasteiger partial charge in [-0.25, -0.2) is 0 Å². The first-order valence-corrected chi connectivity index (χ1v) is 5.72. The van der Waals surface area contributed by atoms with Crippen molar-refractivity contribution in [3.63, 3.8) is 0 Å². The van der Waals surface area contributed by atoms with E-state index < -0.39 is 0 Å². The Bertz CT molecular complexity index is 415. The molecule has 1 aromatic carbocycles. The number of anilines is 1. The second kappa shape index (κ2) is 6.64. The first-order valence-electron chi connectivity index (χ1n) is 5.72. The van der Waals surface area contributed by atoms with Gasteiger partial charge in [-0.1, -0.05) is 12.1 Å². The number of rotatable bonds is 5. The van der Waals surface area contributed by atoms with E-state index in [0.29, 0.717) is 5.69 Å². The molecular weight excluding hydrogens is 232 g/mol. The average Bonchev–Trinajstić information content (AvgIpc) is 2.31. The highest BCUT2D eigenvalue weighted by Gasteiger charge is 2.12. The molecule has 0 heterocycles. The lowest BCUT2D eigenvalue weighted by atomic mass is 10.1. The van der Waals surface area contributed by atoms with Crippen molar-refractivity contribution in [1.82, 2.24) is 5.32 Å². The molecule has 1 atom stereocenters. The summed E-state index contributed by atoms with van der Waals surface area (Å²) < 4.78 is 4.53. The highest BCUT2D eigenvalue weighted by atomic mass is 16.5. The number of carbonyl (C=O) groups excluding carboxylic acids is 2. The Kier molecular flexibility index (Phi) is 5.17. The summed E-state index contributed by atoms with van der Waals surface area (Å²) >= 11 is 0. The zero-order valence-corrected chi connectivity index (χ0v) is 10.6. The number of carbonyl (C=O) groups is 2. The molecule has 1 rings (SSSR count). The third-order valence-electron chi connectivity index (χ3n) is 2.45. The first kappa shape index (κ1) is 14.0. The van der Waals surface area contributed by atoms with Gasteiger partial charge in [-0.15, -0.1) is 0 Å². The van der Waals surface area contributed by atoms with Crippen LogP contribution in [0.5, 0.6) is 0 Å². The van der Waals surface area contributed by atoms with Crippen molar-refractivity contribution >= 4 is 17.6 Å². The third-order valence-corrected chi connectivity index (χ3v) is 2.45. The number of nitrogens with two attached hydrogens (primary N) is 1. The van der Waals surface area contributed by atoms with E-state index >= 15 is 0 Å². The molecule has 0 aliphatic heterocycles. The van der Waals surface area contributed by atoms with Gasteiger partial charge in [0.2, 0.25) is 5.91 Å². The van der Waals surface area contributed by atoms with Gasteiger partial charge in [0.05, 0.1) is 20.0 Å². The Hall–Kier alpha value is -2.04. The lowest BCUT2D eigenvalue weighted by Gasteiger charge is -2.12. The van der Waals surface area contributed by atoms with Crippen molar-refractivity contribution in [2.75, 3.05) is 12.8 Å². The molecule has 1 amide bonds. The van der Waals surface area contributed by atoms with Crippen molar-refractivity contribution in [1.29, 1.82) is 0 Å². The molecule has 0 aliphatic carbocycles. The number of nitrogen functional groups attached to an aromatic ring is 1. The summed E-state index contributed by atoms with van der Waals surface area (Å²) in [5.41, 5.74) is 7.10. The minimum atomic E-state index is -0.338. The normalized spacial score (nSPS) is 11.7. The summed E-state index contributed by atoms with van der Waals surface area (Å²) in [4.78, 5) is 22.7. The maximum absolute atomic E-state index is 11.7. The molecule has 5 nitrogen and oxygen atoms in total. The standard InChI is InChI=1S/C13H18N2O3/c1-9(7-13(17)18-2)15-12(16)8-10-3-5-11(14)6-4-10/h3-6,9H,7-8,14H2,1-2H3,(H,15,16). The number of hydrogen-bond acceptors (Lipinski definition) is 4. The largest absolute Gasteiger partial charge is 0.469 e. The van der Waals surface area contributed by atoms with Gasteiger partial charge in [0, 0.05) is 11.7 Å². The maximum atomic E-state index is 11.7. The van der Waals surface area contributed by atoms with Crippen molar-refractivity contribution in [2.24, 2.45) is 0 Å². The fourth-order valence-corrected chi connectivity index (χ4v) is 1.53. The van der Waals surface area contributed by atoms with Gasteiger partial charge in [-0.3, -0.25) is 9.59 Å². The van der Waals surface area contributed by atoms with E-state index in [9.17, 15) is 9.59 Å². The van der Waals surface area contributed by atoms with E-state index in [2.05, 4.69) is 10.1 Å². The highest BCUT2D eigenvalue weighted by molar-refractivity contribution is 5.79. The molecule has 18 heavy (non-hydrogen) atoms. The number of methoxy groups -OCH3 is 1. The first-order chi connectivity index (χ1) is 8.51. The highest BCUT2D eigenvalue weighted by Crippen LogP contribution is 2.06. The van der Waals surface area contributed by atoms with E-state index in [1.165, 1.54) is 7.11 Å². The zero-order chi connectivity index (χ0) is 13.5. The SMILES string of the molecule is COC(=O)CC(C)NC(=O)Cc1ccc(N)cc1. The lowest BCUT2D eigenvalue weighted by molar-refractivity contribution is -0.141. The smallest absolute Gasteiger partial charge is 0.307 e. The average molecular weight is 250 g/mol. The molecule has 98 valence electrons. The predicted octanol–water partition coefficient (Wildman–Crippen LogP) is 0.879. The molecule has 0 aromatic heterocycles. The lowest BCUT2D eigenvalue weighted by Crippen LogP contribution is -2.35. The summed E-state index contributed by atoms with van der Waals surface area (Å²) in [5, 5.41) is 2.74. The minimum Gasteiger partial charge on any atom is -0.469 e. The van der Waals surface area contributed by atoms with Gasteiger partial charge in [0.25, 0.3) is 0 Å². The molecule has 1 unspecified atom stereocenters. The second-order valence-corrected chi connectivity index (χ2v) is 4.17. The second-order valence-electron chi connectivity index (χ2n) is 4.17. The van der Waals surface area contributed by atoms with E-state index in [0.717, 1.165) is 5.56 Å². The van der Waals surface area contributed by atoms with Crippen molar-refractivity contribution in [2.45, 2.75) is 25.8 Å². The Morgan fingerprint density at radius 1 is 1.33 bits per heavy atom. The van der Waals surface area contributed by atoms with Crippen LogP contribution in [-0.2, 0) is 20.7 Å². The molecule has 0 radical (unpaired) electrons. The van der Waals surface area contributed by atoms with Crippen LogP contribution in [0.3, 0.4) is 0 Å². The van der Waals surface area contributed by atoms with E-state index in [1.54, 1.807) is 31.2 Å². The van der Waals surface area contributed by atoms with Crippen LogP contribution in [0.25, 0.3) is 0 Å². The molecule has 0 fully saturated rings. The monoisotopic (exact) mass is 250 g/mol. The Morgan fingerprint density at radius 2 is 1.94 bits per heavy atom. The van der Waals surface area contributed by atoms with Crippen LogP contribution in [-0.4, -0.2) is 25.0 Å². The van der Waals surface area contributed by atoms with Crippen LogP contribution in [0.1, 0.15) is 18.9 Å². The number of amides is 1. The molecule has 3 N–H and O–H groups in total. The molecule has 0 saturated heterocycles. The van der Waals surface area contributed by atoms with Crippen LogP contribution in [0.2, 0.25) is 0 Å². The van der Waals surface area contributed by atoms with Crippen molar-refractivity contribution in [3.8, 4) is 0 Å².